The van der Waals surface area contributed by atoms with E-state index < -0.39 is 5.41 Å². The van der Waals surface area contributed by atoms with Crippen molar-refractivity contribution in [3.05, 3.63) is 0 Å². The number of hydrogen-bond acceptors (Lipinski definition) is 3. The highest BCUT2D eigenvalue weighted by Crippen LogP contribution is 2.22. The number of nitrogens with one attached hydrogen (secondary N) is 1. The van der Waals surface area contributed by atoms with Crippen LogP contribution in [0.25, 0.3) is 0 Å². The van der Waals surface area contributed by atoms with Gasteiger partial charge in [-0.2, -0.15) is 0 Å². The molecule has 0 rings (SSSR count). The lowest BCUT2D eigenvalue weighted by atomic mass is 9.85. The number of aliphatic hydroxyl groups excluding tert-OH is 1. The molecule has 0 heterocycles. The summed E-state index contributed by atoms with van der Waals surface area (Å²) in [5.74, 6) is -0.0226. The van der Waals surface area contributed by atoms with Gasteiger partial charge < -0.3 is 16.2 Å². The van der Waals surface area contributed by atoms with Crippen molar-refractivity contribution in [2.45, 2.75) is 40.5 Å². The number of carbonyl (C=O) groups is 1. The first kappa shape index (κ1) is 15.4. The summed E-state index contributed by atoms with van der Waals surface area (Å²) in [5.41, 5.74) is 4.88. The first-order chi connectivity index (χ1) is 7.37. The van der Waals surface area contributed by atoms with Crippen LogP contribution in [0.3, 0.4) is 0 Å². The Labute approximate surface area is 98.6 Å². The summed E-state index contributed by atoms with van der Waals surface area (Å²) in [5, 5.41) is 12.1. The highest BCUT2D eigenvalue weighted by molar-refractivity contribution is 5.82. The van der Waals surface area contributed by atoms with Gasteiger partial charge >= 0.3 is 0 Å². The molecular weight excluding hydrogens is 204 g/mol. The second-order valence-electron chi connectivity index (χ2n) is 5.12. The molecule has 0 saturated heterocycles. The summed E-state index contributed by atoms with van der Waals surface area (Å²) >= 11 is 0. The topological polar surface area (TPSA) is 75.3 Å². The molecule has 0 aromatic carbocycles. The first-order valence-electron chi connectivity index (χ1n) is 5.96. The van der Waals surface area contributed by atoms with E-state index in [1.54, 1.807) is 0 Å². The van der Waals surface area contributed by atoms with Crippen molar-refractivity contribution in [1.29, 1.82) is 0 Å². The molecule has 0 radical (unpaired) electrons. The van der Waals surface area contributed by atoms with Gasteiger partial charge in [-0.05, 0) is 19.8 Å². The van der Waals surface area contributed by atoms with Crippen molar-refractivity contribution in [3.8, 4) is 0 Å². The summed E-state index contributed by atoms with van der Waals surface area (Å²) in [6.07, 6.45) is 1.55. The maximum atomic E-state index is 11.9. The summed E-state index contributed by atoms with van der Waals surface area (Å²) in [6, 6.07) is 0. The molecule has 4 heteroatoms. The first-order valence-corrected chi connectivity index (χ1v) is 5.96. The Hall–Kier alpha value is -0.610. The highest BCUT2D eigenvalue weighted by atomic mass is 16.3. The van der Waals surface area contributed by atoms with Crippen LogP contribution in [0.5, 0.6) is 0 Å². The Bertz CT molecular complexity index is 221. The predicted molar refractivity (Wildman–Crippen MR) is 65.9 cm³/mol. The minimum absolute atomic E-state index is 0.0226. The fourth-order valence-electron chi connectivity index (χ4n) is 1.20. The van der Waals surface area contributed by atoms with Crippen LogP contribution < -0.4 is 11.1 Å². The molecule has 4 nitrogen and oxygen atoms in total. The fraction of sp³-hybridized carbons (Fsp3) is 0.917. The standard InChI is InChI=1S/C12H26N2O2/c1-5-11(3,9-15)8-14-10(16)12(4,6-2)7-13/h15H,5-9,13H2,1-4H3,(H,14,16). The molecule has 0 aromatic rings. The van der Waals surface area contributed by atoms with Crippen LogP contribution in [0.2, 0.25) is 0 Å². The Morgan fingerprint density at radius 2 is 1.88 bits per heavy atom. The van der Waals surface area contributed by atoms with Gasteiger partial charge in [0.25, 0.3) is 0 Å². The molecule has 0 fully saturated rings. The molecule has 0 bridgehead atoms. The summed E-state index contributed by atoms with van der Waals surface area (Å²) in [7, 11) is 0. The molecule has 0 saturated carbocycles. The largest absolute Gasteiger partial charge is 0.396 e. The van der Waals surface area contributed by atoms with Gasteiger partial charge in [0.05, 0.1) is 12.0 Å². The number of aliphatic hydroxyl groups is 1. The fourth-order valence-corrected chi connectivity index (χ4v) is 1.20. The Kier molecular flexibility index (Phi) is 5.97. The normalized spacial score (nSPS) is 18.6. The minimum Gasteiger partial charge on any atom is -0.396 e. The van der Waals surface area contributed by atoms with Crippen LogP contribution in [0.1, 0.15) is 40.5 Å². The van der Waals surface area contributed by atoms with Crippen LogP contribution in [0, 0.1) is 10.8 Å². The third kappa shape index (κ3) is 3.76. The van der Waals surface area contributed by atoms with Crippen LogP contribution in [-0.2, 0) is 4.79 Å². The zero-order valence-electron chi connectivity index (χ0n) is 11.0. The molecule has 2 unspecified atom stereocenters. The Morgan fingerprint density at radius 3 is 2.19 bits per heavy atom. The van der Waals surface area contributed by atoms with Crippen LogP contribution in [-0.4, -0.2) is 30.7 Å². The van der Waals surface area contributed by atoms with Crippen LogP contribution in [0.15, 0.2) is 0 Å². The van der Waals surface area contributed by atoms with E-state index in [4.69, 9.17) is 5.73 Å². The minimum atomic E-state index is -0.496. The molecule has 4 N–H and O–H groups in total. The van der Waals surface area contributed by atoms with Crippen molar-refractivity contribution in [1.82, 2.24) is 5.32 Å². The quantitative estimate of drug-likeness (QED) is 0.608. The number of amides is 1. The second-order valence-corrected chi connectivity index (χ2v) is 5.12. The molecule has 0 aromatic heterocycles. The number of carbonyl (C=O) groups excluding carboxylic acids is 1. The smallest absolute Gasteiger partial charge is 0.227 e. The van der Waals surface area contributed by atoms with Crippen molar-refractivity contribution in [3.63, 3.8) is 0 Å². The van der Waals surface area contributed by atoms with E-state index in [0.29, 0.717) is 13.1 Å². The van der Waals surface area contributed by atoms with Crippen molar-refractivity contribution >= 4 is 5.91 Å². The van der Waals surface area contributed by atoms with E-state index >= 15 is 0 Å². The summed E-state index contributed by atoms with van der Waals surface area (Å²) in [6.45, 7) is 8.70. The lowest BCUT2D eigenvalue weighted by Gasteiger charge is -2.30. The molecule has 0 spiro atoms. The second kappa shape index (κ2) is 6.21. The summed E-state index contributed by atoms with van der Waals surface area (Å²) < 4.78 is 0. The van der Waals surface area contributed by atoms with E-state index in [2.05, 4.69) is 5.32 Å². The lowest BCUT2D eigenvalue weighted by Crippen LogP contribution is -2.47. The molecule has 16 heavy (non-hydrogen) atoms. The van der Waals surface area contributed by atoms with Gasteiger partial charge in [0.2, 0.25) is 5.91 Å². The predicted octanol–water partition coefficient (Wildman–Crippen LogP) is 0.886. The third-order valence-corrected chi connectivity index (χ3v) is 3.69. The van der Waals surface area contributed by atoms with Crippen LogP contribution in [0.4, 0.5) is 0 Å². The van der Waals surface area contributed by atoms with Gasteiger partial charge in [-0.15, -0.1) is 0 Å². The highest BCUT2D eigenvalue weighted by Gasteiger charge is 2.31. The van der Waals surface area contributed by atoms with E-state index in [0.717, 1.165) is 12.8 Å². The van der Waals surface area contributed by atoms with Crippen molar-refractivity contribution in [2.24, 2.45) is 16.6 Å². The maximum Gasteiger partial charge on any atom is 0.227 e. The average molecular weight is 230 g/mol. The van der Waals surface area contributed by atoms with E-state index in [1.807, 2.05) is 27.7 Å². The van der Waals surface area contributed by atoms with Gasteiger partial charge in [0.1, 0.15) is 0 Å². The average Bonchev–Trinajstić information content (AvgIpc) is 2.34. The molecule has 0 aliphatic rings. The van der Waals surface area contributed by atoms with E-state index in [1.165, 1.54) is 0 Å². The number of hydrogen-bond donors (Lipinski definition) is 3. The van der Waals surface area contributed by atoms with Gasteiger partial charge in [0.15, 0.2) is 0 Å². The lowest BCUT2D eigenvalue weighted by molar-refractivity contribution is -0.130. The van der Waals surface area contributed by atoms with Gasteiger partial charge in [-0.25, -0.2) is 0 Å². The van der Waals surface area contributed by atoms with Gasteiger partial charge in [-0.1, -0.05) is 20.8 Å². The zero-order chi connectivity index (χ0) is 12.8. The Balaban J connectivity index is 4.36. The SMILES string of the molecule is CCC(C)(CO)CNC(=O)C(C)(CC)CN. The van der Waals surface area contributed by atoms with Crippen molar-refractivity contribution < 1.29 is 9.90 Å². The molecular formula is C12H26N2O2. The van der Waals surface area contributed by atoms with E-state index in [-0.39, 0.29) is 17.9 Å². The molecule has 2 atom stereocenters. The van der Waals surface area contributed by atoms with Gasteiger partial charge in [0, 0.05) is 18.5 Å². The molecule has 1 amide bonds. The number of rotatable bonds is 7. The summed E-state index contributed by atoms with van der Waals surface area (Å²) in [4.78, 5) is 11.9. The maximum absolute atomic E-state index is 11.9. The number of nitrogens with two attached hydrogens (primary N) is 1. The Morgan fingerprint density at radius 1 is 1.31 bits per heavy atom. The third-order valence-electron chi connectivity index (χ3n) is 3.69. The monoisotopic (exact) mass is 230 g/mol. The zero-order valence-corrected chi connectivity index (χ0v) is 11.0. The van der Waals surface area contributed by atoms with Gasteiger partial charge in [-0.3, -0.25) is 4.79 Å². The molecule has 96 valence electrons. The molecule has 0 aliphatic carbocycles. The van der Waals surface area contributed by atoms with Crippen LogP contribution >= 0.6 is 0 Å². The molecule has 0 aliphatic heterocycles. The van der Waals surface area contributed by atoms with E-state index in [9.17, 15) is 9.90 Å². The van der Waals surface area contributed by atoms with Crippen molar-refractivity contribution in [2.75, 3.05) is 19.7 Å².